The molecule has 1 aromatic rings. The van der Waals surface area contributed by atoms with E-state index in [0.717, 1.165) is 23.4 Å². The van der Waals surface area contributed by atoms with Gasteiger partial charge in [0.1, 0.15) is 5.75 Å². The van der Waals surface area contributed by atoms with Crippen LogP contribution < -0.4 is 15.4 Å². The molecule has 0 fully saturated rings. The maximum absolute atomic E-state index is 11.9. The molecule has 1 atom stereocenters. The van der Waals surface area contributed by atoms with Crippen molar-refractivity contribution in [1.82, 2.24) is 0 Å². The average Bonchev–Trinajstić information content (AvgIpc) is 2.73. The number of ether oxygens (including phenoxy) is 1. The van der Waals surface area contributed by atoms with Gasteiger partial charge in [-0.3, -0.25) is 4.79 Å². The number of carbonyl (C=O) groups excluding carboxylic acids is 1. The van der Waals surface area contributed by atoms with Crippen LogP contribution in [0.2, 0.25) is 0 Å². The number of rotatable bonds is 3. The molecule has 1 unspecified atom stereocenters. The van der Waals surface area contributed by atoms with E-state index in [0.29, 0.717) is 13.2 Å². The molecular formula is C13H18N2O2. The molecule has 1 aliphatic heterocycles. The van der Waals surface area contributed by atoms with Gasteiger partial charge < -0.3 is 15.4 Å². The zero-order chi connectivity index (χ0) is 12.4. The molecule has 1 aromatic carbocycles. The molecule has 0 aliphatic carbocycles. The SMILES string of the molecule is CCOc1cccc2c1CCN2C(=O)C(C)N. The smallest absolute Gasteiger partial charge is 0.243 e. The summed E-state index contributed by atoms with van der Waals surface area (Å²) in [6, 6.07) is 5.35. The maximum atomic E-state index is 11.9. The van der Waals surface area contributed by atoms with Crippen LogP contribution in [0, 0.1) is 0 Å². The fraction of sp³-hybridized carbons (Fsp3) is 0.462. The zero-order valence-electron chi connectivity index (χ0n) is 10.3. The minimum Gasteiger partial charge on any atom is -0.494 e. The fourth-order valence-corrected chi connectivity index (χ4v) is 2.17. The number of benzene rings is 1. The first kappa shape index (κ1) is 11.9. The monoisotopic (exact) mass is 234 g/mol. The van der Waals surface area contributed by atoms with Crippen molar-refractivity contribution in [1.29, 1.82) is 0 Å². The van der Waals surface area contributed by atoms with Crippen LogP contribution in [0.5, 0.6) is 5.75 Å². The summed E-state index contributed by atoms with van der Waals surface area (Å²) in [6.07, 6.45) is 0.837. The standard InChI is InChI=1S/C13H18N2O2/c1-3-17-12-6-4-5-11-10(12)7-8-15(11)13(16)9(2)14/h4-6,9H,3,7-8,14H2,1-2H3. The van der Waals surface area contributed by atoms with E-state index in [4.69, 9.17) is 10.5 Å². The highest BCUT2D eigenvalue weighted by Crippen LogP contribution is 2.35. The molecule has 1 heterocycles. The molecule has 0 bridgehead atoms. The lowest BCUT2D eigenvalue weighted by molar-refractivity contribution is -0.119. The van der Waals surface area contributed by atoms with Gasteiger partial charge in [-0.1, -0.05) is 6.07 Å². The number of hydrogen-bond donors (Lipinski definition) is 1. The highest BCUT2D eigenvalue weighted by molar-refractivity contribution is 5.99. The quantitative estimate of drug-likeness (QED) is 0.858. The summed E-state index contributed by atoms with van der Waals surface area (Å²) in [5.41, 5.74) is 7.70. The molecule has 1 aliphatic rings. The minimum absolute atomic E-state index is 0.0302. The molecule has 0 aromatic heterocycles. The van der Waals surface area contributed by atoms with Crippen molar-refractivity contribution < 1.29 is 9.53 Å². The predicted molar refractivity (Wildman–Crippen MR) is 67.3 cm³/mol. The Morgan fingerprint density at radius 1 is 1.59 bits per heavy atom. The Labute approximate surface area is 101 Å². The lowest BCUT2D eigenvalue weighted by atomic mass is 10.1. The largest absolute Gasteiger partial charge is 0.494 e. The minimum atomic E-state index is -0.461. The molecule has 4 nitrogen and oxygen atoms in total. The molecule has 2 N–H and O–H groups in total. The number of anilines is 1. The first-order valence-electron chi connectivity index (χ1n) is 5.96. The number of hydrogen-bond acceptors (Lipinski definition) is 3. The van der Waals surface area contributed by atoms with Crippen LogP contribution in [-0.4, -0.2) is 25.1 Å². The topological polar surface area (TPSA) is 55.6 Å². The summed E-state index contributed by atoms with van der Waals surface area (Å²) in [4.78, 5) is 13.7. The van der Waals surface area contributed by atoms with Crippen LogP contribution in [0.15, 0.2) is 18.2 Å². The van der Waals surface area contributed by atoms with Crippen LogP contribution >= 0.6 is 0 Å². The highest BCUT2D eigenvalue weighted by Gasteiger charge is 2.28. The summed E-state index contributed by atoms with van der Waals surface area (Å²) in [6.45, 7) is 5.00. The zero-order valence-corrected chi connectivity index (χ0v) is 10.3. The van der Waals surface area contributed by atoms with Gasteiger partial charge in [0, 0.05) is 12.1 Å². The number of nitrogens with zero attached hydrogens (tertiary/aromatic N) is 1. The lowest BCUT2D eigenvalue weighted by Crippen LogP contribution is -2.41. The number of fused-ring (bicyclic) bond motifs is 1. The van der Waals surface area contributed by atoms with Gasteiger partial charge in [-0.05, 0) is 32.4 Å². The summed E-state index contributed by atoms with van der Waals surface area (Å²) in [7, 11) is 0. The highest BCUT2D eigenvalue weighted by atomic mass is 16.5. The van der Waals surface area contributed by atoms with Crippen LogP contribution in [0.1, 0.15) is 19.4 Å². The van der Waals surface area contributed by atoms with Gasteiger partial charge in [0.25, 0.3) is 0 Å². The molecule has 1 amide bonds. The Morgan fingerprint density at radius 2 is 2.35 bits per heavy atom. The van der Waals surface area contributed by atoms with E-state index in [1.165, 1.54) is 0 Å². The third-order valence-corrected chi connectivity index (χ3v) is 2.94. The fourth-order valence-electron chi connectivity index (χ4n) is 2.17. The lowest BCUT2D eigenvalue weighted by Gasteiger charge is -2.19. The van der Waals surface area contributed by atoms with Crippen LogP contribution in [0.4, 0.5) is 5.69 Å². The summed E-state index contributed by atoms with van der Waals surface area (Å²) in [5.74, 6) is 0.849. The first-order chi connectivity index (χ1) is 8.15. The van der Waals surface area contributed by atoms with E-state index < -0.39 is 6.04 Å². The van der Waals surface area contributed by atoms with E-state index in [2.05, 4.69) is 0 Å². The van der Waals surface area contributed by atoms with Gasteiger partial charge in [0.05, 0.1) is 18.3 Å². The van der Waals surface area contributed by atoms with Gasteiger partial charge in [-0.15, -0.1) is 0 Å². The Balaban J connectivity index is 2.32. The Hall–Kier alpha value is -1.55. The third kappa shape index (κ3) is 2.13. The van der Waals surface area contributed by atoms with Crippen LogP contribution in [-0.2, 0) is 11.2 Å². The molecule has 0 saturated carbocycles. The van der Waals surface area contributed by atoms with Gasteiger partial charge >= 0.3 is 0 Å². The molecule has 0 radical (unpaired) electrons. The molecule has 17 heavy (non-hydrogen) atoms. The predicted octanol–water partition coefficient (Wildman–Crippen LogP) is 1.32. The maximum Gasteiger partial charge on any atom is 0.243 e. The Bertz CT molecular complexity index is 429. The second-order valence-electron chi connectivity index (χ2n) is 4.22. The molecule has 2 rings (SSSR count). The second-order valence-corrected chi connectivity index (χ2v) is 4.22. The first-order valence-corrected chi connectivity index (χ1v) is 5.96. The van der Waals surface area contributed by atoms with Crippen molar-refractivity contribution in [3.63, 3.8) is 0 Å². The molecule has 0 spiro atoms. The molecule has 4 heteroatoms. The van der Waals surface area contributed by atoms with Crippen LogP contribution in [0.3, 0.4) is 0 Å². The molecule has 92 valence electrons. The van der Waals surface area contributed by atoms with Crippen molar-refractivity contribution >= 4 is 11.6 Å². The van der Waals surface area contributed by atoms with Crippen LogP contribution in [0.25, 0.3) is 0 Å². The summed E-state index contributed by atoms with van der Waals surface area (Å²) in [5, 5.41) is 0. The Kier molecular flexibility index (Phi) is 3.33. The third-order valence-electron chi connectivity index (χ3n) is 2.94. The van der Waals surface area contributed by atoms with E-state index in [1.54, 1.807) is 11.8 Å². The van der Waals surface area contributed by atoms with E-state index >= 15 is 0 Å². The number of nitrogens with two attached hydrogens (primary N) is 1. The van der Waals surface area contributed by atoms with Gasteiger partial charge in [-0.2, -0.15) is 0 Å². The van der Waals surface area contributed by atoms with E-state index in [-0.39, 0.29) is 5.91 Å². The van der Waals surface area contributed by atoms with Crippen molar-refractivity contribution in [2.45, 2.75) is 26.3 Å². The summed E-state index contributed by atoms with van der Waals surface area (Å²) >= 11 is 0. The van der Waals surface area contributed by atoms with Gasteiger partial charge in [0.2, 0.25) is 5.91 Å². The normalized spacial score (nSPS) is 15.6. The molecular weight excluding hydrogens is 216 g/mol. The van der Waals surface area contributed by atoms with Crippen molar-refractivity contribution in [2.24, 2.45) is 5.73 Å². The average molecular weight is 234 g/mol. The summed E-state index contributed by atoms with van der Waals surface area (Å²) < 4.78 is 5.57. The Morgan fingerprint density at radius 3 is 3.00 bits per heavy atom. The van der Waals surface area contributed by atoms with Gasteiger partial charge in [-0.25, -0.2) is 0 Å². The molecule has 0 saturated heterocycles. The van der Waals surface area contributed by atoms with Crippen molar-refractivity contribution in [2.75, 3.05) is 18.1 Å². The van der Waals surface area contributed by atoms with E-state index in [1.807, 2.05) is 25.1 Å². The second kappa shape index (κ2) is 4.75. The van der Waals surface area contributed by atoms with Crippen molar-refractivity contribution in [3.05, 3.63) is 23.8 Å². The number of amides is 1. The van der Waals surface area contributed by atoms with Gasteiger partial charge in [0.15, 0.2) is 0 Å². The van der Waals surface area contributed by atoms with E-state index in [9.17, 15) is 4.79 Å². The van der Waals surface area contributed by atoms with Crippen molar-refractivity contribution in [3.8, 4) is 5.75 Å². The number of carbonyl (C=O) groups is 1.